The summed E-state index contributed by atoms with van der Waals surface area (Å²) >= 11 is 0. The predicted molar refractivity (Wildman–Crippen MR) is 134 cm³/mol. The van der Waals surface area contributed by atoms with Crippen LogP contribution in [0.1, 0.15) is 11.1 Å². The van der Waals surface area contributed by atoms with Gasteiger partial charge in [-0.1, -0.05) is 66.7 Å². The third-order valence-electron chi connectivity index (χ3n) is 6.66. The number of benzene rings is 5. The van der Waals surface area contributed by atoms with Gasteiger partial charge >= 0.3 is 12.4 Å². The molecule has 37 heavy (non-hydrogen) atoms. The molecule has 1 aromatic heterocycles. The van der Waals surface area contributed by atoms with E-state index in [1.165, 1.54) is 6.07 Å². The zero-order chi connectivity index (χ0) is 25.9. The van der Waals surface area contributed by atoms with Crippen LogP contribution in [0.4, 0.5) is 26.3 Å². The fraction of sp³-hybridized carbons (Fsp3) is 0.0667. The summed E-state index contributed by atoms with van der Waals surface area (Å²) in [5, 5.41) is 3.08. The van der Waals surface area contributed by atoms with Crippen LogP contribution in [-0.4, -0.2) is 4.57 Å². The van der Waals surface area contributed by atoms with Gasteiger partial charge in [-0.25, -0.2) is 0 Å². The van der Waals surface area contributed by atoms with E-state index < -0.39 is 29.0 Å². The zero-order valence-electron chi connectivity index (χ0n) is 19.0. The summed E-state index contributed by atoms with van der Waals surface area (Å²) in [5.74, 6) is 0. The smallest absolute Gasteiger partial charge is 0.309 e. The first kappa shape index (κ1) is 23.2. The Balaban J connectivity index is 1.69. The minimum atomic E-state index is -4.83. The molecule has 0 radical (unpaired) electrons. The monoisotopic (exact) mass is 505 g/mol. The maximum absolute atomic E-state index is 13.9. The molecule has 1 nitrogen and oxygen atoms in total. The molecule has 0 amide bonds. The minimum Gasteiger partial charge on any atom is -0.309 e. The molecule has 0 aliphatic heterocycles. The van der Waals surface area contributed by atoms with Crippen molar-refractivity contribution in [3.63, 3.8) is 0 Å². The molecule has 0 N–H and O–H groups in total. The Morgan fingerprint density at radius 1 is 0.459 bits per heavy atom. The van der Waals surface area contributed by atoms with Crippen LogP contribution in [0.15, 0.2) is 103 Å². The number of fused-ring (bicyclic) bond motifs is 4. The third kappa shape index (κ3) is 3.73. The van der Waals surface area contributed by atoms with E-state index in [9.17, 15) is 26.3 Å². The van der Waals surface area contributed by atoms with E-state index in [2.05, 4.69) is 0 Å². The summed E-state index contributed by atoms with van der Waals surface area (Å²) in [6.45, 7) is 0. The standard InChI is InChI=1S/C30H17F6N/c31-29(32,33)18-15-16-25(30(34,35)36)24(17-18)20-9-5-11-21-19(20)10-6-14-28(21)37-26-12-3-1-7-22(26)23-8-2-4-13-27(23)37/h1-17H. The molecule has 0 spiro atoms. The number of aromatic nitrogens is 1. The first-order valence-corrected chi connectivity index (χ1v) is 11.4. The van der Waals surface area contributed by atoms with Gasteiger partial charge in [0.05, 0.1) is 27.8 Å². The number of nitrogens with zero attached hydrogens (tertiary/aromatic N) is 1. The molecule has 0 unspecified atom stereocenters. The SMILES string of the molecule is FC(F)(F)c1ccc(C(F)(F)F)c(-c2cccc3c(-n4c5ccccc5c5ccccc54)cccc23)c1. The molecule has 7 heteroatoms. The van der Waals surface area contributed by atoms with Gasteiger partial charge in [0.15, 0.2) is 0 Å². The van der Waals surface area contributed by atoms with Crippen molar-refractivity contribution in [2.75, 3.05) is 0 Å². The Morgan fingerprint density at radius 2 is 1.03 bits per heavy atom. The number of hydrogen-bond acceptors (Lipinski definition) is 0. The fourth-order valence-corrected chi connectivity index (χ4v) is 5.10. The number of para-hydroxylation sites is 2. The third-order valence-corrected chi connectivity index (χ3v) is 6.66. The number of halogens is 6. The predicted octanol–water partition coefficient (Wildman–Crippen LogP) is 9.64. The molecule has 0 saturated heterocycles. The van der Waals surface area contributed by atoms with Crippen LogP contribution in [0.5, 0.6) is 0 Å². The Bertz CT molecular complexity index is 1750. The van der Waals surface area contributed by atoms with E-state index in [1.54, 1.807) is 24.3 Å². The van der Waals surface area contributed by atoms with Crippen LogP contribution in [0, 0.1) is 0 Å². The van der Waals surface area contributed by atoms with Crippen molar-refractivity contribution in [1.82, 2.24) is 4.57 Å². The average Bonchev–Trinajstić information content (AvgIpc) is 3.21. The topological polar surface area (TPSA) is 4.93 Å². The van der Waals surface area contributed by atoms with Gasteiger partial charge < -0.3 is 4.57 Å². The van der Waals surface area contributed by atoms with Crippen LogP contribution in [0.3, 0.4) is 0 Å². The molecule has 184 valence electrons. The van der Waals surface area contributed by atoms with Crippen molar-refractivity contribution in [3.8, 4) is 16.8 Å². The highest BCUT2D eigenvalue weighted by atomic mass is 19.4. The molecule has 5 aromatic carbocycles. The van der Waals surface area contributed by atoms with Crippen LogP contribution >= 0.6 is 0 Å². The highest BCUT2D eigenvalue weighted by Crippen LogP contribution is 2.43. The summed E-state index contributed by atoms with van der Waals surface area (Å²) in [5.41, 5.74) is -0.127. The van der Waals surface area contributed by atoms with Crippen molar-refractivity contribution >= 4 is 32.6 Å². The van der Waals surface area contributed by atoms with Gasteiger partial charge in [-0.05, 0) is 52.9 Å². The van der Waals surface area contributed by atoms with Crippen LogP contribution < -0.4 is 0 Å². The van der Waals surface area contributed by atoms with Gasteiger partial charge in [-0.2, -0.15) is 26.3 Å². The highest BCUT2D eigenvalue weighted by molar-refractivity contribution is 6.11. The van der Waals surface area contributed by atoms with E-state index in [4.69, 9.17) is 0 Å². The van der Waals surface area contributed by atoms with Crippen molar-refractivity contribution in [3.05, 3.63) is 114 Å². The molecule has 0 atom stereocenters. The Morgan fingerprint density at radius 3 is 1.65 bits per heavy atom. The number of alkyl halides is 6. The molecule has 0 fully saturated rings. The fourth-order valence-electron chi connectivity index (χ4n) is 5.10. The van der Waals surface area contributed by atoms with Gasteiger partial charge in [0, 0.05) is 16.2 Å². The molecule has 0 bridgehead atoms. The summed E-state index contributed by atoms with van der Waals surface area (Å²) < 4.78 is 84.3. The van der Waals surface area contributed by atoms with E-state index in [1.807, 2.05) is 59.2 Å². The van der Waals surface area contributed by atoms with E-state index in [0.29, 0.717) is 29.0 Å². The summed E-state index contributed by atoms with van der Waals surface area (Å²) in [6, 6.07) is 27.2. The zero-order valence-corrected chi connectivity index (χ0v) is 19.0. The van der Waals surface area contributed by atoms with Gasteiger partial charge in [0.2, 0.25) is 0 Å². The lowest BCUT2D eigenvalue weighted by molar-refractivity contribution is -0.141. The Labute approximate surface area is 207 Å². The number of hydrogen-bond donors (Lipinski definition) is 0. The van der Waals surface area contributed by atoms with Crippen molar-refractivity contribution in [2.24, 2.45) is 0 Å². The molecular formula is C30H17F6N. The first-order valence-electron chi connectivity index (χ1n) is 11.4. The average molecular weight is 505 g/mol. The quantitative estimate of drug-likeness (QED) is 0.207. The van der Waals surface area contributed by atoms with Gasteiger partial charge in [-0.15, -0.1) is 0 Å². The lowest BCUT2D eigenvalue weighted by atomic mass is 9.92. The molecule has 1 heterocycles. The second-order valence-corrected chi connectivity index (χ2v) is 8.80. The lowest BCUT2D eigenvalue weighted by Gasteiger charge is -2.18. The molecular weight excluding hydrogens is 488 g/mol. The largest absolute Gasteiger partial charge is 0.417 e. The second-order valence-electron chi connectivity index (χ2n) is 8.80. The van der Waals surface area contributed by atoms with Crippen LogP contribution in [0.2, 0.25) is 0 Å². The summed E-state index contributed by atoms with van der Waals surface area (Å²) in [6.07, 6.45) is -9.61. The van der Waals surface area contributed by atoms with E-state index in [-0.39, 0.29) is 5.56 Å². The molecule has 0 aliphatic carbocycles. The molecule has 6 rings (SSSR count). The summed E-state index contributed by atoms with van der Waals surface area (Å²) in [7, 11) is 0. The summed E-state index contributed by atoms with van der Waals surface area (Å²) in [4.78, 5) is 0. The lowest BCUT2D eigenvalue weighted by Crippen LogP contribution is -2.11. The van der Waals surface area contributed by atoms with Crippen LogP contribution in [-0.2, 0) is 12.4 Å². The maximum Gasteiger partial charge on any atom is 0.417 e. The van der Waals surface area contributed by atoms with E-state index >= 15 is 0 Å². The molecule has 0 saturated carbocycles. The number of rotatable bonds is 2. The van der Waals surface area contributed by atoms with Crippen molar-refractivity contribution in [1.29, 1.82) is 0 Å². The second kappa shape index (κ2) is 8.13. The molecule has 0 aliphatic rings. The highest BCUT2D eigenvalue weighted by Gasteiger charge is 2.37. The van der Waals surface area contributed by atoms with E-state index in [0.717, 1.165) is 27.5 Å². The van der Waals surface area contributed by atoms with Gasteiger partial charge in [0.1, 0.15) is 0 Å². The normalized spacial score (nSPS) is 12.6. The Hall–Kier alpha value is -4.26. The minimum absolute atomic E-state index is 0.0820. The molecule has 6 aromatic rings. The first-order chi connectivity index (χ1) is 17.6. The van der Waals surface area contributed by atoms with Crippen molar-refractivity contribution in [2.45, 2.75) is 12.4 Å². The van der Waals surface area contributed by atoms with Crippen molar-refractivity contribution < 1.29 is 26.3 Å². The van der Waals surface area contributed by atoms with Gasteiger partial charge in [0.25, 0.3) is 0 Å². The Kier molecular flexibility index (Phi) is 5.09. The van der Waals surface area contributed by atoms with Crippen LogP contribution in [0.25, 0.3) is 49.4 Å². The maximum atomic E-state index is 13.9. The van der Waals surface area contributed by atoms with Gasteiger partial charge in [-0.3, -0.25) is 0 Å².